The maximum Gasteiger partial charge on any atom is 0.0385 e. The van der Waals surface area contributed by atoms with Crippen LogP contribution in [0.2, 0.25) is 0 Å². The second kappa shape index (κ2) is 3.82. The summed E-state index contributed by atoms with van der Waals surface area (Å²) in [6.07, 6.45) is 0. The highest BCUT2D eigenvalue weighted by molar-refractivity contribution is 5.31. The zero-order chi connectivity index (χ0) is 11.0. The Morgan fingerprint density at radius 3 is 2.40 bits per heavy atom. The molecule has 1 fully saturated rings. The van der Waals surface area contributed by atoms with Crippen molar-refractivity contribution < 1.29 is 0 Å². The van der Waals surface area contributed by atoms with Gasteiger partial charge < -0.3 is 0 Å². The molecule has 0 radical (unpaired) electrons. The minimum atomic E-state index is 0.516. The fourth-order valence-corrected chi connectivity index (χ4v) is 2.71. The number of benzene rings is 1. The van der Waals surface area contributed by atoms with Crippen LogP contribution in [0.4, 0.5) is 0 Å². The van der Waals surface area contributed by atoms with Gasteiger partial charge >= 0.3 is 0 Å². The van der Waals surface area contributed by atoms with Crippen molar-refractivity contribution in [3.63, 3.8) is 0 Å². The van der Waals surface area contributed by atoms with Crippen molar-refractivity contribution in [1.29, 1.82) is 0 Å². The predicted molar refractivity (Wildman–Crippen MR) is 65.0 cm³/mol. The summed E-state index contributed by atoms with van der Waals surface area (Å²) in [5.74, 6) is 0.619. The fraction of sp³-hybridized carbons (Fsp3) is 0.429. The molecule has 1 aliphatic heterocycles. The topological polar surface area (TPSA) is 3.24 Å². The predicted octanol–water partition coefficient (Wildman–Crippen LogP) is 3.05. The van der Waals surface area contributed by atoms with Gasteiger partial charge in [0.1, 0.15) is 0 Å². The monoisotopic (exact) mass is 201 g/mol. The van der Waals surface area contributed by atoms with Crippen molar-refractivity contribution >= 4 is 0 Å². The molecule has 1 aliphatic rings. The highest BCUT2D eigenvalue weighted by Gasteiger charge is 2.44. The molecule has 1 saturated heterocycles. The highest BCUT2D eigenvalue weighted by atomic mass is 15.2. The zero-order valence-corrected chi connectivity index (χ0v) is 9.77. The molecule has 0 aromatic heterocycles. The van der Waals surface area contributed by atoms with Crippen LogP contribution >= 0.6 is 0 Å². The van der Waals surface area contributed by atoms with Crippen molar-refractivity contribution in [2.75, 3.05) is 7.05 Å². The third-order valence-corrected chi connectivity index (χ3v) is 3.63. The summed E-state index contributed by atoms with van der Waals surface area (Å²) in [6, 6.07) is 11.9. The van der Waals surface area contributed by atoms with E-state index < -0.39 is 0 Å². The van der Waals surface area contributed by atoms with E-state index in [1.165, 1.54) is 11.1 Å². The first kappa shape index (κ1) is 10.4. The molecule has 0 N–H and O–H groups in total. The fourth-order valence-electron chi connectivity index (χ4n) is 2.71. The summed E-state index contributed by atoms with van der Waals surface area (Å²) >= 11 is 0. The highest BCUT2D eigenvalue weighted by Crippen LogP contribution is 2.41. The molecule has 0 unspecified atom stereocenters. The third kappa shape index (κ3) is 1.61. The normalized spacial score (nSPS) is 31.0. The second-order valence-electron chi connectivity index (χ2n) is 4.63. The molecule has 0 amide bonds. The van der Waals surface area contributed by atoms with Crippen LogP contribution in [0.15, 0.2) is 42.5 Å². The molecular weight excluding hydrogens is 182 g/mol. The van der Waals surface area contributed by atoms with Crippen LogP contribution in [-0.4, -0.2) is 24.0 Å². The van der Waals surface area contributed by atoms with Gasteiger partial charge in [-0.2, -0.15) is 0 Å². The number of hydrogen-bond acceptors (Lipinski definition) is 1. The zero-order valence-electron chi connectivity index (χ0n) is 9.77. The quantitative estimate of drug-likeness (QED) is 0.665. The molecule has 1 heterocycles. The van der Waals surface area contributed by atoms with Gasteiger partial charge in [-0.25, -0.2) is 0 Å². The minimum absolute atomic E-state index is 0.516. The minimum Gasteiger partial charge on any atom is -0.296 e. The molecule has 2 rings (SSSR count). The summed E-state index contributed by atoms with van der Waals surface area (Å²) < 4.78 is 0. The average Bonchev–Trinajstić information content (AvgIpc) is 2.25. The van der Waals surface area contributed by atoms with Gasteiger partial charge in [-0.1, -0.05) is 42.5 Å². The lowest BCUT2D eigenvalue weighted by Gasteiger charge is -2.53. The van der Waals surface area contributed by atoms with Crippen molar-refractivity contribution in [1.82, 2.24) is 4.90 Å². The van der Waals surface area contributed by atoms with Crippen LogP contribution < -0.4 is 0 Å². The van der Waals surface area contributed by atoms with E-state index >= 15 is 0 Å². The van der Waals surface area contributed by atoms with Crippen molar-refractivity contribution in [2.45, 2.75) is 31.8 Å². The Morgan fingerprint density at radius 1 is 1.27 bits per heavy atom. The number of nitrogens with zero attached hydrogens (tertiary/aromatic N) is 1. The van der Waals surface area contributed by atoms with E-state index in [1.54, 1.807) is 0 Å². The van der Waals surface area contributed by atoms with Crippen molar-refractivity contribution in [3.05, 3.63) is 48.0 Å². The smallest absolute Gasteiger partial charge is 0.0385 e. The molecule has 0 saturated carbocycles. The van der Waals surface area contributed by atoms with E-state index in [1.807, 2.05) is 0 Å². The Hall–Kier alpha value is -1.08. The Labute approximate surface area is 92.4 Å². The lowest BCUT2D eigenvalue weighted by molar-refractivity contribution is 0.0467. The number of likely N-dealkylation sites (tertiary alicyclic amines) is 1. The standard InChI is InChI=1S/C14H19N/c1-10(2)14-13(11(3)15(14)4)12-8-6-5-7-9-12/h5-9,11,13-14H,1H2,2-4H3/t11-,13+,14+/m0/s1. The second-order valence-corrected chi connectivity index (χ2v) is 4.63. The SMILES string of the molecule is C=C(C)[C@@H]1[C@@H](c2ccccc2)[C@H](C)N1C. The van der Waals surface area contributed by atoms with Gasteiger partial charge in [-0.3, -0.25) is 4.90 Å². The lowest BCUT2D eigenvalue weighted by Crippen LogP contribution is -2.59. The summed E-state index contributed by atoms with van der Waals surface area (Å²) in [6.45, 7) is 8.51. The Balaban J connectivity index is 2.26. The summed E-state index contributed by atoms with van der Waals surface area (Å²) in [5.41, 5.74) is 2.71. The Morgan fingerprint density at radius 2 is 1.87 bits per heavy atom. The van der Waals surface area contributed by atoms with E-state index in [2.05, 4.69) is 62.7 Å². The van der Waals surface area contributed by atoms with Gasteiger partial charge in [-0.05, 0) is 26.5 Å². The molecule has 0 spiro atoms. The van der Waals surface area contributed by atoms with E-state index in [4.69, 9.17) is 0 Å². The first-order valence-corrected chi connectivity index (χ1v) is 5.55. The molecule has 0 aliphatic carbocycles. The maximum absolute atomic E-state index is 4.10. The van der Waals surface area contributed by atoms with Crippen molar-refractivity contribution in [3.8, 4) is 0 Å². The van der Waals surface area contributed by atoms with E-state index in [0.717, 1.165) is 0 Å². The van der Waals surface area contributed by atoms with E-state index in [-0.39, 0.29) is 0 Å². The van der Waals surface area contributed by atoms with Crippen LogP contribution in [0.25, 0.3) is 0 Å². The first-order valence-electron chi connectivity index (χ1n) is 5.55. The summed E-state index contributed by atoms with van der Waals surface area (Å²) in [4.78, 5) is 2.40. The van der Waals surface area contributed by atoms with Gasteiger partial charge in [0.2, 0.25) is 0 Å². The van der Waals surface area contributed by atoms with Gasteiger partial charge in [0.25, 0.3) is 0 Å². The maximum atomic E-state index is 4.10. The van der Waals surface area contributed by atoms with Crippen LogP contribution in [0.3, 0.4) is 0 Å². The largest absolute Gasteiger partial charge is 0.296 e. The molecule has 1 aromatic rings. The number of hydrogen-bond donors (Lipinski definition) is 0. The van der Waals surface area contributed by atoms with Gasteiger partial charge in [0.15, 0.2) is 0 Å². The average molecular weight is 201 g/mol. The summed E-state index contributed by atoms with van der Waals surface area (Å²) in [7, 11) is 2.18. The molecule has 1 nitrogen and oxygen atoms in total. The molecule has 3 atom stereocenters. The number of likely N-dealkylation sites (N-methyl/N-ethyl adjacent to an activating group) is 1. The third-order valence-electron chi connectivity index (χ3n) is 3.63. The van der Waals surface area contributed by atoms with Crippen molar-refractivity contribution in [2.24, 2.45) is 0 Å². The van der Waals surface area contributed by atoms with Gasteiger partial charge in [-0.15, -0.1) is 0 Å². The molecule has 0 bridgehead atoms. The molecule has 1 aromatic carbocycles. The van der Waals surface area contributed by atoms with E-state index in [0.29, 0.717) is 18.0 Å². The Bertz CT molecular complexity index is 355. The van der Waals surface area contributed by atoms with Crippen LogP contribution in [-0.2, 0) is 0 Å². The lowest BCUT2D eigenvalue weighted by atomic mass is 9.74. The molecule has 1 heteroatoms. The molecule has 80 valence electrons. The van der Waals surface area contributed by atoms with E-state index in [9.17, 15) is 0 Å². The van der Waals surface area contributed by atoms with Crippen LogP contribution in [0.5, 0.6) is 0 Å². The molecular formula is C14H19N. The number of rotatable bonds is 2. The Kier molecular flexibility index (Phi) is 2.66. The van der Waals surface area contributed by atoms with Gasteiger partial charge in [0, 0.05) is 18.0 Å². The molecule has 15 heavy (non-hydrogen) atoms. The van der Waals surface area contributed by atoms with Gasteiger partial charge in [0.05, 0.1) is 0 Å². The van der Waals surface area contributed by atoms with Crippen LogP contribution in [0, 0.1) is 0 Å². The summed E-state index contributed by atoms with van der Waals surface area (Å²) in [5, 5.41) is 0. The van der Waals surface area contributed by atoms with Crippen LogP contribution in [0.1, 0.15) is 25.3 Å². The first-order chi connectivity index (χ1) is 7.13.